The normalized spacial score (nSPS) is 13.9. The number of aliphatic hydroxyl groups excluding tert-OH is 1. The third kappa shape index (κ3) is 5.72. The van der Waals surface area contributed by atoms with E-state index in [0.29, 0.717) is 25.1 Å². The molecule has 0 rings (SSSR count). The van der Waals surface area contributed by atoms with E-state index in [1.807, 2.05) is 6.92 Å². The summed E-state index contributed by atoms with van der Waals surface area (Å²) in [6, 6.07) is 0. The number of nitrogens with one attached hydrogen (secondary N) is 1. The number of methoxy groups -OCH3 is 1. The number of carbonyl (C=O) groups is 1. The van der Waals surface area contributed by atoms with Gasteiger partial charge in [-0.1, -0.05) is 13.0 Å². The summed E-state index contributed by atoms with van der Waals surface area (Å²) in [5.41, 5.74) is 0.658. The molecule has 0 aliphatic rings. The third-order valence-electron chi connectivity index (χ3n) is 1.76. The quantitative estimate of drug-likeness (QED) is 0.372. The van der Waals surface area contributed by atoms with Crippen LogP contribution in [0.5, 0.6) is 0 Å². The van der Waals surface area contributed by atoms with Crippen LogP contribution in [0.1, 0.15) is 20.3 Å². The fourth-order valence-corrected chi connectivity index (χ4v) is 0.991. The molecule has 0 fully saturated rings. The highest BCUT2D eigenvalue weighted by Crippen LogP contribution is 2.01. The van der Waals surface area contributed by atoms with Crippen molar-refractivity contribution in [3.63, 3.8) is 0 Å². The van der Waals surface area contributed by atoms with Crippen LogP contribution in [0.25, 0.3) is 0 Å². The van der Waals surface area contributed by atoms with E-state index in [4.69, 9.17) is 5.11 Å². The van der Waals surface area contributed by atoms with Crippen molar-refractivity contribution < 1.29 is 14.6 Å². The Morgan fingerprint density at radius 1 is 1.64 bits per heavy atom. The smallest absolute Gasteiger partial charge is 0.333 e. The first kappa shape index (κ1) is 13.1. The molecule has 0 heterocycles. The number of esters is 1. The molecule has 0 saturated carbocycles. The van der Waals surface area contributed by atoms with E-state index >= 15 is 0 Å². The van der Waals surface area contributed by atoms with Gasteiger partial charge in [0.25, 0.3) is 0 Å². The Morgan fingerprint density at radius 3 is 2.71 bits per heavy atom. The Morgan fingerprint density at radius 2 is 2.29 bits per heavy atom. The number of hydrogen-bond acceptors (Lipinski definition) is 4. The van der Waals surface area contributed by atoms with E-state index in [2.05, 4.69) is 10.1 Å². The van der Waals surface area contributed by atoms with Crippen molar-refractivity contribution in [1.82, 2.24) is 5.32 Å². The van der Waals surface area contributed by atoms with Crippen molar-refractivity contribution in [2.24, 2.45) is 0 Å². The minimum absolute atomic E-state index is 0.286. The zero-order chi connectivity index (χ0) is 11.0. The average Bonchev–Trinajstić information content (AvgIpc) is 2.16. The topological polar surface area (TPSA) is 58.6 Å². The summed E-state index contributed by atoms with van der Waals surface area (Å²) in [5, 5.41) is 11.9. The second kappa shape index (κ2) is 7.53. The van der Waals surface area contributed by atoms with Crippen LogP contribution in [0.4, 0.5) is 0 Å². The fourth-order valence-electron chi connectivity index (χ4n) is 0.991. The molecule has 0 radical (unpaired) electrons. The molecule has 0 spiro atoms. The van der Waals surface area contributed by atoms with Crippen molar-refractivity contribution >= 4 is 5.97 Å². The first-order chi connectivity index (χ1) is 6.61. The molecule has 0 aromatic carbocycles. The van der Waals surface area contributed by atoms with Gasteiger partial charge in [0, 0.05) is 18.7 Å². The van der Waals surface area contributed by atoms with Gasteiger partial charge < -0.3 is 15.2 Å². The van der Waals surface area contributed by atoms with Crippen LogP contribution in [-0.4, -0.2) is 37.4 Å². The summed E-state index contributed by atoms with van der Waals surface area (Å²) in [5.74, 6) is -0.286. The molecule has 1 unspecified atom stereocenters. The van der Waals surface area contributed by atoms with Crippen molar-refractivity contribution in [1.29, 1.82) is 0 Å². The van der Waals surface area contributed by atoms with Gasteiger partial charge in [0.1, 0.15) is 0 Å². The van der Waals surface area contributed by atoms with Crippen LogP contribution in [-0.2, 0) is 9.53 Å². The lowest BCUT2D eigenvalue weighted by atomic mass is 10.2. The van der Waals surface area contributed by atoms with Gasteiger partial charge in [-0.3, -0.25) is 0 Å². The van der Waals surface area contributed by atoms with Gasteiger partial charge in [0.2, 0.25) is 0 Å². The average molecular weight is 201 g/mol. The number of hydrogen-bond donors (Lipinski definition) is 2. The Labute approximate surface area is 85.0 Å². The van der Waals surface area contributed by atoms with Crippen LogP contribution in [0.3, 0.4) is 0 Å². The fraction of sp³-hybridized carbons (Fsp3) is 0.700. The maximum Gasteiger partial charge on any atom is 0.333 e. The van der Waals surface area contributed by atoms with E-state index < -0.39 is 0 Å². The van der Waals surface area contributed by atoms with Crippen LogP contribution in [0.15, 0.2) is 11.6 Å². The minimum atomic E-state index is -0.369. The van der Waals surface area contributed by atoms with Crippen molar-refractivity contribution in [3.8, 4) is 0 Å². The molecule has 0 aromatic heterocycles. The molecule has 0 saturated heterocycles. The predicted octanol–water partition coefficient (Wildman–Crippen LogP) is 0.466. The first-order valence-corrected chi connectivity index (χ1v) is 4.77. The minimum Gasteiger partial charge on any atom is -0.466 e. The largest absolute Gasteiger partial charge is 0.466 e. The highest BCUT2D eigenvalue weighted by Gasteiger charge is 2.05. The highest BCUT2D eigenvalue weighted by molar-refractivity contribution is 5.88. The summed E-state index contributed by atoms with van der Waals surface area (Å²) in [4.78, 5) is 11.1. The third-order valence-corrected chi connectivity index (χ3v) is 1.76. The zero-order valence-corrected chi connectivity index (χ0v) is 9.04. The molecular weight excluding hydrogens is 182 g/mol. The summed E-state index contributed by atoms with van der Waals surface area (Å²) in [7, 11) is 1.37. The lowest BCUT2D eigenvalue weighted by Crippen LogP contribution is -2.24. The number of aliphatic hydroxyl groups is 1. The Hall–Kier alpha value is -0.870. The maximum absolute atomic E-state index is 11.1. The van der Waals surface area contributed by atoms with Crippen molar-refractivity contribution in [2.75, 3.05) is 20.2 Å². The van der Waals surface area contributed by atoms with E-state index in [9.17, 15) is 4.79 Å². The molecule has 0 amide bonds. The van der Waals surface area contributed by atoms with Gasteiger partial charge in [-0.15, -0.1) is 0 Å². The molecule has 4 heteroatoms. The van der Waals surface area contributed by atoms with Crippen LogP contribution in [0, 0.1) is 0 Å². The zero-order valence-electron chi connectivity index (χ0n) is 9.04. The standard InChI is InChI=1S/C10H19NO3/c1-4-9(10(13)14-3)5-6-11-7-8(2)12/h5,8,11-12H,4,6-7H2,1-3H3. The van der Waals surface area contributed by atoms with Crippen molar-refractivity contribution in [2.45, 2.75) is 26.4 Å². The van der Waals surface area contributed by atoms with E-state index in [-0.39, 0.29) is 12.1 Å². The van der Waals surface area contributed by atoms with Gasteiger partial charge in [-0.05, 0) is 13.3 Å². The van der Waals surface area contributed by atoms with Crippen molar-refractivity contribution in [3.05, 3.63) is 11.6 Å². The summed E-state index contributed by atoms with van der Waals surface area (Å²) >= 11 is 0. The van der Waals surface area contributed by atoms with Gasteiger partial charge in [0.05, 0.1) is 13.2 Å². The summed E-state index contributed by atoms with van der Waals surface area (Å²) in [6.07, 6.45) is 2.07. The Kier molecular flexibility index (Phi) is 7.06. The lowest BCUT2D eigenvalue weighted by molar-refractivity contribution is -0.136. The molecule has 2 N–H and O–H groups in total. The SMILES string of the molecule is CCC(=CCNCC(C)O)C(=O)OC. The van der Waals surface area contributed by atoms with E-state index in [1.165, 1.54) is 7.11 Å². The number of rotatable bonds is 6. The maximum atomic E-state index is 11.1. The molecule has 0 aliphatic carbocycles. The molecule has 0 aromatic rings. The Balaban J connectivity index is 3.87. The van der Waals surface area contributed by atoms with Crippen LogP contribution in [0.2, 0.25) is 0 Å². The molecule has 0 aliphatic heterocycles. The highest BCUT2D eigenvalue weighted by atomic mass is 16.5. The van der Waals surface area contributed by atoms with Crippen LogP contribution >= 0.6 is 0 Å². The summed E-state index contributed by atoms with van der Waals surface area (Å²) in [6.45, 7) is 4.70. The van der Waals surface area contributed by atoms with E-state index in [1.54, 1.807) is 13.0 Å². The van der Waals surface area contributed by atoms with Gasteiger partial charge in [0.15, 0.2) is 0 Å². The summed E-state index contributed by atoms with van der Waals surface area (Å²) < 4.78 is 4.60. The molecule has 82 valence electrons. The molecule has 14 heavy (non-hydrogen) atoms. The van der Waals surface area contributed by atoms with Gasteiger partial charge >= 0.3 is 5.97 Å². The molecular formula is C10H19NO3. The predicted molar refractivity (Wildman–Crippen MR) is 54.9 cm³/mol. The molecule has 4 nitrogen and oxygen atoms in total. The van der Waals surface area contributed by atoms with E-state index in [0.717, 1.165) is 0 Å². The first-order valence-electron chi connectivity index (χ1n) is 4.77. The second-order valence-corrected chi connectivity index (χ2v) is 3.08. The second-order valence-electron chi connectivity index (χ2n) is 3.08. The number of ether oxygens (including phenoxy) is 1. The molecule has 0 bridgehead atoms. The monoisotopic (exact) mass is 201 g/mol. The Bertz CT molecular complexity index is 200. The van der Waals surface area contributed by atoms with Crippen LogP contribution < -0.4 is 5.32 Å². The number of carbonyl (C=O) groups excluding carboxylic acids is 1. The van der Waals surface area contributed by atoms with Gasteiger partial charge in [-0.25, -0.2) is 4.79 Å². The molecule has 1 atom stereocenters. The lowest BCUT2D eigenvalue weighted by Gasteiger charge is -2.05. The van der Waals surface area contributed by atoms with Gasteiger partial charge in [-0.2, -0.15) is 0 Å².